The highest BCUT2D eigenvalue weighted by Gasteiger charge is 2.12. The van der Waals surface area contributed by atoms with Crippen molar-refractivity contribution >= 4 is 0 Å². The molecule has 0 saturated carbocycles. The Labute approximate surface area is 128 Å². The van der Waals surface area contributed by atoms with Gasteiger partial charge < -0.3 is 24.4 Å². The second-order valence-corrected chi connectivity index (χ2v) is 4.71. The highest BCUT2D eigenvalue weighted by atomic mass is 16.5. The first-order chi connectivity index (χ1) is 10.2. The summed E-state index contributed by atoms with van der Waals surface area (Å²) < 4.78 is 16.1. The molecule has 1 rings (SSSR count). The Hall–Kier alpha value is -1.46. The first-order valence-electron chi connectivity index (χ1n) is 7.42. The van der Waals surface area contributed by atoms with Crippen molar-refractivity contribution in [2.45, 2.75) is 20.4 Å². The molecule has 0 fully saturated rings. The van der Waals surface area contributed by atoms with Crippen molar-refractivity contribution in [2.24, 2.45) is 0 Å². The molecule has 0 amide bonds. The molecule has 0 atom stereocenters. The van der Waals surface area contributed by atoms with E-state index in [1.54, 1.807) is 21.3 Å². The van der Waals surface area contributed by atoms with Crippen LogP contribution in [0.5, 0.6) is 17.2 Å². The molecule has 0 aliphatic rings. The van der Waals surface area contributed by atoms with E-state index in [2.05, 4.69) is 24.1 Å². The predicted molar refractivity (Wildman–Crippen MR) is 85.6 cm³/mol. The maximum absolute atomic E-state index is 5.44. The predicted octanol–water partition coefficient (Wildman–Crippen LogP) is 2.14. The van der Waals surface area contributed by atoms with Crippen molar-refractivity contribution in [3.05, 3.63) is 17.7 Å². The molecule has 5 nitrogen and oxygen atoms in total. The largest absolute Gasteiger partial charge is 0.496 e. The standard InChI is InChI=1S/C16H28N2O3/c1-6-18(7-2)9-8-17-12-14-15(20-4)10-13(19-3)11-16(14)21-5/h10-11,17H,6-9,12H2,1-5H3. The Kier molecular flexibility index (Phi) is 7.93. The third-order valence-electron chi connectivity index (χ3n) is 3.62. The van der Waals surface area contributed by atoms with E-state index in [1.807, 2.05) is 12.1 Å². The van der Waals surface area contributed by atoms with Gasteiger partial charge in [-0.05, 0) is 13.1 Å². The topological polar surface area (TPSA) is 43.0 Å². The van der Waals surface area contributed by atoms with Crippen molar-refractivity contribution in [2.75, 3.05) is 47.5 Å². The third-order valence-corrected chi connectivity index (χ3v) is 3.62. The van der Waals surface area contributed by atoms with Gasteiger partial charge >= 0.3 is 0 Å². The lowest BCUT2D eigenvalue weighted by Gasteiger charge is -2.19. The van der Waals surface area contributed by atoms with Crippen LogP contribution in [0.2, 0.25) is 0 Å². The van der Waals surface area contributed by atoms with Crippen molar-refractivity contribution < 1.29 is 14.2 Å². The fraction of sp³-hybridized carbons (Fsp3) is 0.625. The summed E-state index contributed by atoms with van der Waals surface area (Å²) in [4.78, 5) is 2.38. The Morgan fingerprint density at radius 2 is 1.52 bits per heavy atom. The molecule has 120 valence electrons. The minimum atomic E-state index is 0.706. The molecular weight excluding hydrogens is 268 g/mol. The first-order valence-corrected chi connectivity index (χ1v) is 7.42. The van der Waals surface area contributed by atoms with Crippen molar-refractivity contribution in [1.82, 2.24) is 10.2 Å². The van der Waals surface area contributed by atoms with E-state index in [0.29, 0.717) is 6.54 Å². The van der Waals surface area contributed by atoms with Gasteiger partial charge in [0, 0.05) is 31.8 Å². The van der Waals surface area contributed by atoms with Crippen LogP contribution in [0.15, 0.2) is 12.1 Å². The minimum Gasteiger partial charge on any atom is -0.496 e. The monoisotopic (exact) mass is 296 g/mol. The highest BCUT2D eigenvalue weighted by molar-refractivity contribution is 5.50. The van der Waals surface area contributed by atoms with Gasteiger partial charge in [0.05, 0.1) is 26.9 Å². The van der Waals surface area contributed by atoms with Gasteiger partial charge in [-0.1, -0.05) is 13.8 Å². The number of hydrogen-bond acceptors (Lipinski definition) is 5. The van der Waals surface area contributed by atoms with Crippen molar-refractivity contribution in [1.29, 1.82) is 0 Å². The average molecular weight is 296 g/mol. The molecule has 0 unspecified atom stereocenters. The van der Waals surface area contributed by atoms with Gasteiger partial charge in [0.1, 0.15) is 17.2 Å². The summed E-state index contributed by atoms with van der Waals surface area (Å²) in [6.07, 6.45) is 0. The number of benzene rings is 1. The van der Waals surface area contributed by atoms with Gasteiger partial charge in [0.2, 0.25) is 0 Å². The molecule has 0 aromatic heterocycles. The Balaban J connectivity index is 2.69. The number of methoxy groups -OCH3 is 3. The molecule has 1 aromatic rings. The van der Waals surface area contributed by atoms with Gasteiger partial charge in [-0.2, -0.15) is 0 Å². The van der Waals surface area contributed by atoms with E-state index in [0.717, 1.165) is 49.0 Å². The summed E-state index contributed by atoms with van der Waals surface area (Å²) in [6.45, 7) is 9.18. The zero-order valence-corrected chi connectivity index (χ0v) is 13.9. The molecular formula is C16H28N2O3. The Morgan fingerprint density at radius 1 is 0.952 bits per heavy atom. The molecule has 0 radical (unpaired) electrons. The minimum absolute atomic E-state index is 0.706. The Morgan fingerprint density at radius 3 is 1.95 bits per heavy atom. The number of likely N-dealkylation sites (N-methyl/N-ethyl adjacent to an activating group) is 1. The van der Waals surface area contributed by atoms with E-state index in [1.165, 1.54) is 0 Å². The fourth-order valence-corrected chi connectivity index (χ4v) is 2.24. The van der Waals surface area contributed by atoms with Crippen LogP contribution >= 0.6 is 0 Å². The van der Waals surface area contributed by atoms with Crippen LogP contribution in [0.25, 0.3) is 0 Å². The summed E-state index contributed by atoms with van der Waals surface area (Å²) in [5.41, 5.74) is 1.01. The van der Waals surface area contributed by atoms with Gasteiger partial charge in [0.25, 0.3) is 0 Å². The first kappa shape index (κ1) is 17.6. The lowest BCUT2D eigenvalue weighted by Crippen LogP contribution is -2.31. The second-order valence-electron chi connectivity index (χ2n) is 4.71. The molecule has 5 heteroatoms. The zero-order chi connectivity index (χ0) is 15.7. The molecule has 1 N–H and O–H groups in total. The van der Waals surface area contributed by atoms with E-state index in [-0.39, 0.29) is 0 Å². The second kappa shape index (κ2) is 9.47. The van der Waals surface area contributed by atoms with Gasteiger partial charge in [0.15, 0.2) is 0 Å². The molecule has 21 heavy (non-hydrogen) atoms. The molecule has 0 aliphatic carbocycles. The smallest absolute Gasteiger partial charge is 0.130 e. The molecule has 0 spiro atoms. The summed E-state index contributed by atoms with van der Waals surface area (Å²) in [7, 11) is 4.96. The molecule has 0 bridgehead atoms. The van der Waals surface area contributed by atoms with Crippen LogP contribution in [0, 0.1) is 0 Å². The lowest BCUT2D eigenvalue weighted by atomic mass is 10.1. The summed E-state index contributed by atoms with van der Waals surface area (Å²) in [5.74, 6) is 2.29. The quantitative estimate of drug-likeness (QED) is 0.670. The van der Waals surface area contributed by atoms with E-state index >= 15 is 0 Å². The number of nitrogens with zero attached hydrogens (tertiary/aromatic N) is 1. The van der Waals surface area contributed by atoms with E-state index < -0.39 is 0 Å². The molecule has 0 saturated heterocycles. The van der Waals surface area contributed by atoms with Crippen LogP contribution in [-0.2, 0) is 6.54 Å². The molecule has 0 aliphatic heterocycles. The average Bonchev–Trinajstić information content (AvgIpc) is 2.54. The van der Waals surface area contributed by atoms with Crippen LogP contribution in [0.3, 0.4) is 0 Å². The molecule has 0 heterocycles. The highest BCUT2D eigenvalue weighted by Crippen LogP contribution is 2.33. The summed E-state index contributed by atoms with van der Waals surface area (Å²) >= 11 is 0. The summed E-state index contributed by atoms with van der Waals surface area (Å²) in [5, 5.41) is 3.45. The fourth-order valence-electron chi connectivity index (χ4n) is 2.24. The van der Waals surface area contributed by atoms with Crippen LogP contribution < -0.4 is 19.5 Å². The SMILES string of the molecule is CCN(CC)CCNCc1c(OC)cc(OC)cc1OC. The van der Waals surface area contributed by atoms with Crippen molar-refractivity contribution in [3.8, 4) is 17.2 Å². The Bertz CT molecular complexity index is 395. The van der Waals surface area contributed by atoms with Crippen LogP contribution in [0.4, 0.5) is 0 Å². The van der Waals surface area contributed by atoms with Crippen molar-refractivity contribution in [3.63, 3.8) is 0 Å². The third kappa shape index (κ3) is 5.10. The molecule has 1 aromatic carbocycles. The maximum atomic E-state index is 5.44. The summed E-state index contributed by atoms with van der Waals surface area (Å²) in [6, 6.07) is 3.76. The van der Waals surface area contributed by atoms with Crippen LogP contribution in [-0.4, -0.2) is 52.4 Å². The van der Waals surface area contributed by atoms with Crippen LogP contribution in [0.1, 0.15) is 19.4 Å². The number of hydrogen-bond donors (Lipinski definition) is 1. The lowest BCUT2D eigenvalue weighted by molar-refractivity contribution is 0.301. The number of ether oxygens (including phenoxy) is 3. The maximum Gasteiger partial charge on any atom is 0.130 e. The van der Waals surface area contributed by atoms with E-state index in [9.17, 15) is 0 Å². The number of nitrogens with one attached hydrogen (secondary N) is 1. The van der Waals surface area contributed by atoms with Gasteiger partial charge in [-0.15, -0.1) is 0 Å². The van der Waals surface area contributed by atoms with Gasteiger partial charge in [-0.25, -0.2) is 0 Å². The van der Waals surface area contributed by atoms with Gasteiger partial charge in [-0.3, -0.25) is 0 Å². The zero-order valence-electron chi connectivity index (χ0n) is 13.9. The normalized spacial score (nSPS) is 10.8. The number of rotatable bonds is 10. The van der Waals surface area contributed by atoms with E-state index in [4.69, 9.17) is 14.2 Å².